The zero-order chi connectivity index (χ0) is 12.8. The molecule has 2 aliphatic carbocycles. The quantitative estimate of drug-likeness (QED) is 0.690. The van der Waals surface area contributed by atoms with E-state index in [1.807, 2.05) is 13.8 Å². The summed E-state index contributed by atoms with van der Waals surface area (Å²) in [6.45, 7) is 8.51. The highest BCUT2D eigenvalue weighted by molar-refractivity contribution is 5.17. The molecule has 2 N–H and O–H groups in total. The van der Waals surface area contributed by atoms with Gasteiger partial charge in [-0.3, -0.25) is 0 Å². The Morgan fingerprint density at radius 3 is 2.65 bits per heavy atom. The molecular weight excluding hydrogens is 212 g/mol. The molecule has 98 valence electrons. The van der Waals surface area contributed by atoms with E-state index in [4.69, 9.17) is 0 Å². The van der Waals surface area contributed by atoms with Gasteiger partial charge in [-0.15, -0.1) is 0 Å². The molecule has 0 radical (unpaired) electrons. The first-order valence-corrected chi connectivity index (χ1v) is 6.91. The first-order chi connectivity index (χ1) is 7.83. The number of aliphatic hydroxyl groups is 2. The summed E-state index contributed by atoms with van der Waals surface area (Å²) in [7, 11) is 0. The SMILES string of the molecule is CC1=C[C@H]2[C@H](C(C)C)CC[C@@](C)(O)[C@H]2C[C@H]1O. The summed E-state index contributed by atoms with van der Waals surface area (Å²) in [6, 6.07) is 0. The summed E-state index contributed by atoms with van der Waals surface area (Å²) in [5, 5.41) is 20.5. The normalized spacial score (nSPS) is 46.6. The molecule has 17 heavy (non-hydrogen) atoms. The molecule has 0 heterocycles. The van der Waals surface area contributed by atoms with Gasteiger partial charge in [0.25, 0.3) is 0 Å². The minimum absolute atomic E-state index is 0.224. The van der Waals surface area contributed by atoms with Crippen LogP contribution in [0.25, 0.3) is 0 Å². The molecule has 2 heteroatoms. The second kappa shape index (κ2) is 4.40. The lowest BCUT2D eigenvalue weighted by Gasteiger charge is -2.50. The lowest BCUT2D eigenvalue weighted by Crippen LogP contribution is -2.50. The summed E-state index contributed by atoms with van der Waals surface area (Å²) < 4.78 is 0. The molecular formula is C15H26O2. The lowest BCUT2D eigenvalue weighted by atomic mass is 9.58. The monoisotopic (exact) mass is 238 g/mol. The average molecular weight is 238 g/mol. The molecule has 2 rings (SSSR count). The largest absolute Gasteiger partial charge is 0.390 e. The standard InChI is InChI=1S/C15H26O2/c1-9(2)11-5-6-15(4,17)13-8-14(16)10(3)7-12(11)13/h7,9,11-14,16-17H,5-6,8H2,1-4H3/t11-,12-,13-,14+,15+/m0/s1. The molecule has 0 unspecified atom stereocenters. The van der Waals surface area contributed by atoms with Crippen molar-refractivity contribution in [2.24, 2.45) is 23.7 Å². The topological polar surface area (TPSA) is 40.5 Å². The second-order valence-corrected chi connectivity index (χ2v) is 6.65. The Morgan fingerprint density at radius 1 is 1.41 bits per heavy atom. The fraction of sp³-hybridized carbons (Fsp3) is 0.867. The first kappa shape index (κ1) is 13.1. The van der Waals surface area contributed by atoms with Crippen molar-refractivity contribution in [1.82, 2.24) is 0 Å². The van der Waals surface area contributed by atoms with Crippen LogP contribution in [0.2, 0.25) is 0 Å². The van der Waals surface area contributed by atoms with Gasteiger partial charge in [0, 0.05) is 0 Å². The van der Waals surface area contributed by atoms with Gasteiger partial charge in [0.15, 0.2) is 0 Å². The van der Waals surface area contributed by atoms with Gasteiger partial charge in [0.05, 0.1) is 11.7 Å². The molecule has 0 aliphatic heterocycles. The van der Waals surface area contributed by atoms with Crippen LogP contribution in [-0.2, 0) is 0 Å². The molecule has 5 atom stereocenters. The maximum atomic E-state index is 10.5. The number of hydrogen-bond acceptors (Lipinski definition) is 2. The van der Waals surface area contributed by atoms with Crippen molar-refractivity contribution < 1.29 is 10.2 Å². The van der Waals surface area contributed by atoms with Crippen molar-refractivity contribution in [3.63, 3.8) is 0 Å². The van der Waals surface area contributed by atoms with E-state index >= 15 is 0 Å². The highest BCUT2D eigenvalue weighted by Gasteiger charge is 2.47. The van der Waals surface area contributed by atoms with Crippen LogP contribution in [0.4, 0.5) is 0 Å². The summed E-state index contributed by atoms with van der Waals surface area (Å²) in [5.41, 5.74) is 0.489. The van der Waals surface area contributed by atoms with Crippen molar-refractivity contribution >= 4 is 0 Å². The van der Waals surface area contributed by atoms with Crippen LogP contribution in [0, 0.1) is 23.7 Å². The smallest absolute Gasteiger partial charge is 0.0751 e. The summed E-state index contributed by atoms with van der Waals surface area (Å²) >= 11 is 0. The molecule has 0 aromatic carbocycles. The predicted octanol–water partition coefficient (Wildman–Crippen LogP) is 2.75. The van der Waals surface area contributed by atoms with Gasteiger partial charge >= 0.3 is 0 Å². The third kappa shape index (κ3) is 2.30. The highest BCUT2D eigenvalue weighted by atomic mass is 16.3. The van der Waals surface area contributed by atoms with E-state index < -0.39 is 5.60 Å². The maximum Gasteiger partial charge on any atom is 0.0751 e. The van der Waals surface area contributed by atoms with E-state index in [1.165, 1.54) is 0 Å². The van der Waals surface area contributed by atoms with Crippen molar-refractivity contribution in [1.29, 1.82) is 0 Å². The summed E-state index contributed by atoms with van der Waals surface area (Å²) in [5.74, 6) is 1.98. The molecule has 2 nitrogen and oxygen atoms in total. The third-order valence-corrected chi connectivity index (χ3v) is 5.06. The molecule has 0 spiro atoms. The van der Waals surface area contributed by atoms with E-state index in [1.54, 1.807) is 0 Å². The molecule has 2 aliphatic rings. The Morgan fingerprint density at radius 2 is 2.06 bits per heavy atom. The Bertz CT molecular complexity index is 317. The lowest BCUT2D eigenvalue weighted by molar-refractivity contribution is -0.0927. The number of hydrogen-bond donors (Lipinski definition) is 2. The number of allylic oxidation sites excluding steroid dienone is 1. The van der Waals surface area contributed by atoms with Gasteiger partial charge in [-0.1, -0.05) is 19.9 Å². The molecule has 0 aromatic rings. The molecule has 1 fully saturated rings. The van der Waals surface area contributed by atoms with Crippen molar-refractivity contribution in [3.8, 4) is 0 Å². The van der Waals surface area contributed by atoms with E-state index in [-0.39, 0.29) is 12.0 Å². The third-order valence-electron chi connectivity index (χ3n) is 5.06. The van der Waals surface area contributed by atoms with Gasteiger partial charge in [-0.05, 0) is 62.4 Å². The highest BCUT2D eigenvalue weighted by Crippen LogP contribution is 2.49. The first-order valence-electron chi connectivity index (χ1n) is 6.91. The van der Waals surface area contributed by atoms with Gasteiger partial charge in [0.1, 0.15) is 0 Å². The van der Waals surface area contributed by atoms with E-state index in [9.17, 15) is 10.2 Å². The average Bonchev–Trinajstić information content (AvgIpc) is 2.20. The van der Waals surface area contributed by atoms with E-state index in [0.717, 1.165) is 24.8 Å². The minimum atomic E-state index is -0.603. The zero-order valence-electron chi connectivity index (χ0n) is 11.5. The number of fused-ring (bicyclic) bond motifs is 1. The molecule has 0 aromatic heterocycles. The second-order valence-electron chi connectivity index (χ2n) is 6.65. The minimum Gasteiger partial charge on any atom is -0.390 e. The molecule has 0 amide bonds. The van der Waals surface area contributed by atoms with Crippen molar-refractivity contribution in [2.75, 3.05) is 0 Å². The Balaban J connectivity index is 2.32. The fourth-order valence-corrected chi connectivity index (χ4v) is 3.82. The van der Waals surface area contributed by atoms with Gasteiger partial charge in [0.2, 0.25) is 0 Å². The Hall–Kier alpha value is -0.340. The van der Waals surface area contributed by atoms with Crippen LogP contribution >= 0.6 is 0 Å². The molecule has 1 saturated carbocycles. The van der Waals surface area contributed by atoms with Gasteiger partial charge in [-0.25, -0.2) is 0 Å². The number of rotatable bonds is 1. The van der Waals surface area contributed by atoms with Crippen molar-refractivity contribution in [2.45, 2.75) is 58.7 Å². The van der Waals surface area contributed by atoms with Crippen LogP contribution < -0.4 is 0 Å². The summed E-state index contributed by atoms with van der Waals surface area (Å²) in [4.78, 5) is 0. The van der Waals surface area contributed by atoms with Gasteiger partial charge < -0.3 is 10.2 Å². The van der Waals surface area contributed by atoms with Crippen LogP contribution in [0.3, 0.4) is 0 Å². The van der Waals surface area contributed by atoms with E-state index in [2.05, 4.69) is 19.9 Å². The number of aliphatic hydroxyl groups excluding tert-OH is 1. The van der Waals surface area contributed by atoms with Crippen LogP contribution in [0.5, 0.6) is 0 Å². The fourth-order valence-electron chi connectivity index (χ4n) is 3.82. The van der Waals surface area contributed by atoms with Crippen LogP contribution in [0.1, 0.15) is 47.0 Å². The zero-order valence-corrected chi connectivity index (χ0v) is 11.5. The molecule has 0 saturated heterocycles. The van der Waals surface area contributed by atoms with Crippen LogP contribution in [0.15, 0.2) is 11.6 Å². The predicted molar refractivity (Wildman–Crippen MR) is 69.5 cm³/mol. The van der Waals surface area contributed by atoms with Crippen molar-refractivity contribution in [3.05, 3.63) is 11.6 Å². The Kier molecular flexibility index (Phi) is 3.39. The summed E-state index contributed by atoms with van der Waals surface area (Å²) in [6.07, 6.45) is 4.58. The van der Waals surface area contributed by atoms with E-state index in [0.29, 0.717) is 17.8 Å². The van der Waals surface area contributed by atoms with Crippen LogP contribution in [-0.4, -0.2) is 21.9 Å². The maximum absolute atomic E-state index is 10.5. The molecule has 0 bridgehead atoms. The van der Waals surface area contributed by atoms with Gasteiger partial charge in [-0.2, -0.15) is 0 Å². The Labute approximate surface area is 105 Å².